The van der Waals surface area contributed by atoms with E-state index in [2.05, 4.69) is 0 Å². The van der Waals surface area contributed by atoms with E-state index in [0.29, 0.717) is 24.2 Å². The monoisotopic (exact) mass is 387 g/mol. The van der Waals surface area contributed by atoms with Crippen LogP contribution in [0.25, 0.3) is 0 Å². The molecule has 3 amide bonds. The second-order valence-corrected chi connectivity index (χ2v) is 7.24. The number of likely N-dealkylation sites (N-methyl/N-ethyl adjacent to an activating group) is 1. The third-order valence-corrected chi connectivity index (χ3v) is 5.26. The van der Waals surface area contributed by atoms with E-state index in [9.17, 15) is 19.2 Å². The summed E-state index contributed by atoms with van der Waals surface area (Å²) >= 11 is 0. The number of carbonyl (C=O) groups excluding carboxylic acids is 4. The number of hydrogen-bond donors (Lipinski definition) is 0. The predicted octanol–water partition coefficient (Wildman–Crippen LogP) is 1.40. The quantitative estimate of drug-likeness (QED) is 0.689. The lowest BCUT2D eigenvalue weighted by Crippen LogP contribution is -2.68. The summed E-state index contributed by atoms with van der Waals surface area (Å²) in [7, 11) is 3.13. The number of anilines is 1. The largest absolute Gasteiger partial charge is 0.452 e. The summed E-state index contributed by atoms with van der Waals surface area (Å²) < 4.78 is 5.31. The van der Waals surface area contributed by atoms with Gasteiger partial charge in [-0.15, -0.1) is 0 Å². The minimum absolute atomic E-state index is 0.126. The topological polar surface area (TPSA) is 87.2 Å². The Morgan fingerprint density at radius 1 is 1.21 bits per heavy atom. The van der Waals surface area contributed by atoms with E-state index in [1.807, 2.05) is 6.92 Å². The van der Waals surface area contributed by atoms with Crippen molar-refractivity contribution < 1.29 is 23.9 Å². The second-order valence-electron chi connectivity index (χ2n) is 7.24. The highest BCUT2D eigenvalue weighted by molar-refractivity contribution is 6.15. The van der Waals surface area contributed by atoms with Crippen molar-refractivity contribution in [3.8, 4) is 0 Å². The van der Waals surface area contributed by atoms with Crippen molar-refractivity contribution in [2.75, 3.05) is 32.1 Å². The summed E-state index contributed by atoms with van der Waals surface area (Å²) in [6.07, 6.45) is 1.77. The fourth-order valence-corrected chi connectivity index (χ4v) is 3.74. The van der Waals surface area contributed by atoms with Crippen LogP contribution in [0.3, 0.4) is 0 Å². The van der Waals surface area contributed by atoms with Crippen molar-refractivity contribution in [3.05, 3.63) is 29.8 Å². The summed E-state index contributed by atoms with van der Waals surface area (Å²) in [6, 6.07) is 6.79. The Bertz CT molecular complexity index is 822. The molecule has 150 valence electrons. The smallest absolute Gasteiger partial charge is 0.354 e. The molecule has 0 N–H and O–H groups in total. The Labute approximate surface area is 164 Å². The van der Waals surface area contributed by atoms with Gasteiger partial charge in [-0.25, -0.2) is 4.79 Å². The van der Waals surface area contributed by atoms with Gasteiger partial charge in [0.25, 0.3) is 11.8 Å². The number of unbranched alkanes of at least 4 members (excludes halogenated alkanes) is 1. The fourth-order valence-electron chi connectivity index (χ4n) is 3.74. The number of ether oxygens (including phenoxy) is 1. The van der Waals surface area contributed by atoms with E-state index in [4.69, 9.17) is 4.74 Å². The van der Waals surface area contributed by atoms with Crippen molar-refractivity contribution in [3.63, 3.8) is 0 Å². The maximum Gasteiger partial charge on any atom is 0.354 e. The number of rotatable bonds is 6. The van der Waals surface area contributed by atoms with Gasteiger partial charge < -0.3 is 14.5 Å². The summed E-state index contributed by atoms with van der Waals surface area (Å²) in [4.78, 5) is 55.3. The van der Waals surface area contributed by atoms with Gasteiger partial charge in [0.05, 0.1) is 11.3 Å². The molecule has 2 aliphatic rings. The van der Waals surface area contributed by atoms with E-state index in [1.165, 1.54) is 14.7 Å². The zero-order valence-corrected chi connectivity index (χ0v) is 16.4. The molecule has 2 heterocycles. The third kappa shape index (κ3) is 3.02. The van der Waals surface area contributed by atoms with E-state index in [1.54, 1.807) is 38.4 Å². The van der Waals surface area contributed by atoms with Crippen LogP contribution in [0, 0.1) is 0 Å². The van der Waals surface area contributed by atoms with Crippen molar-refractivity contribution in [1.82, 2.24) is 9.80 Å². The first-order chi connectivity index (χ1) is 13.3. The van der Waals surface area contributed by atoms with Crippen LogP contribution in [-0.2, 0) is 19.1 Å². The number of fused-ring (bicyclic) bond motifs is 3. The van der Waals surface area contributed by atoms with Crippen LogP contribution in [0.5, 0.6) is 0 Å². The van der Waals surface area contributed by atoms with Crippen molar-refractivity contribution in [2.45, 2.75) is 38.3 Å². The number of hydrogen-bond acceptors (Lipinski definition) is 5. The number of esters is 1. The molecule has 1 aromatic rings. The lowest BCUT2D eigenvalue weighted by molar-refractivity contribution is -0.161. The van der Waals surface area contributed by atoms with Gasteiger partial charge in [-0.05, 0) is 18.6 Å². The summed E-state index contributed by atoms with van der Waals surface area (Å²) in [5.74, 6) is -1.65. The molecular weight excluding hydrogens is 362 g/mol. The van der Waals surface area contributed by atoms with Gasteiger partial charge in [0, 0.05) is 33.5 Å². The van der Waals surface area contributed by atoms with Crippen LogP contribution >= 0.6 is 0 Å². The highest BCUT2D eigenvalue weighted by Crippen LogP contribution is 2.45. The van der Waals surface area contributed by atoms with Crippen molar-refractivity contribution in [1.29, 1.82) is 0 Å². The van der Waals surface area contributed by atoms with Crippen molar-refractivity contribution in [2.24, 2.45) is 0 Å². The first-order valence-corrected chi connectivity index (χ1v) is 9.46. The second kappa shape index (κ2) is 7.61. The van der Waals surface area contributed by atoms with E-state index in [0.717, 1.165) is 6.42 Å². The Kier molecular flexibility index (Phi) is 5.40. The SMILES string of the molecule is CCCCN1C(=O)c2ccccc2N2C(=O)CC[C@@]12C(=O)OCC(=O)N(C)C. The van der Waals surface area contributed by atoms with Crippen LogP contribution in [-0.4, -0.2) is 66.4 Å². The Hall–Kier alpha value is -2.90. The number of benzene rings is 1. The van der Waals surface area contributed by atoms with Crippen LogP contribution in [0.4, 0.5) is 5.69 Å². The average molecular weight is 387 g/mol. The molecule has 0 unspecified atom stereocenters. The number of amides is 3. The molecule has 1 atom stereocenters. The third-order valence-electron chi connectivity index (χ3n) is 5.26. The zero-order chi connectivity index (χ0) is 20.5. The average Bonchev–Trinajstić information content (AvgIpc) is 3.04. The molecule has 0 radical (unpaired) electrons. The maximum absolute atomic E-state index is 13.2. The highest BCUT2D eigenvalue weighted by atomic mass is 16.5. The zero-order valence-electron chi connectivity index (χ0n) is 16.4. The summed E-state index contributed by atoms with van der Waals surface area (Å²) in [5, 5.41) is 0. The van der Waals surface area contributed by atoms with E-state index < -0.39 is 18.2 Å². The molecule has 0 bridgehead atoms. The first-order valence-electron chi connectivity index (χ1n) is 9.46. The van der Waals surface area contributed by atoms with Crippen molar-refractivity contribution >= 4 is 29.4 Å². The highest BCUT2D eigenvalue weighted by Gasteiger charge is 2.61. The summed E-state index contributed by atoms with van der Waals surface area (Å²) in [5.41, 5.74) is -0.732. The first kappa shape index (κ1) is 19.9. The van der Waals surface area contributed by atoms with Crippen LogP contribution in [0.2, 0.25) is 0 Å². The minimum atomic E-state index is -1.54. The molecule has 3 rings (SSSR count). The van der Waals surface area contributed by atoms with Gasteiger partial charge in [-0.2, -0.15) is 0 Å². The van der Waals surface area contributed by atoms with Crippen LogP contribution in [0.15, 0.2) is 24.3 Å². The lowest BCUT2D eigenvalue weighted by Gasteiger charge is -2.48. The maximum atomic E-state index is 13.2. The molecule has 0 saturated carbocycles. The molecule has 1 fully saturated rings. The van der Waals surface area contributed by atoms with Crippen LogP contribution < -0.4 is 4.90 Å². The number of para-hydroxylation sites is 1. The Morgan fingerprint density at radius 2 is 1.93 bits per heavy atom. The fraction of sp³-hybridized carbons (Fsp3) is 0.500. The molecule has 28 heavy (non-hydrogen) atoms. The molecule has 0 spiro atoms. The molecule has 1 saturated heterocycles. The normalized spacial score (nSPS) is 20.7. The summed E-state index contributed by atoms with van der Waals surface area (Å²) in [6.45, 7) is 1.87. The molecule has 8 heteroatoms. The predicted molar refractivity (Wildman–Crippen MR) is 101 cm³/mol. The van der Waals surface area contributed by atoms with Gasteiger partial charge in [0.1, 0.15) is 0 Å². The minimum Gasteiger partial charge on any atom is -0.452 e. The van der Waals surface area contributed by atoms with Gasteiger partial charge >= 0.3 is 5.97 Å². The standard InChI is InChI=1S/C20H25N3O5/c1-4-5-12-22-18(26)14-8-6-7-9-15(14)23-16(24)10-11-20(22,23)19(27)28-13-17(25)21(2)3/h6-9H,4-5,10-13H2,1-3H3/t20-/m1/s1. The number of carbonyl (C=O) groups is 4. The molecule has 0 aromatic heterocycles. The van der Waals surface area contributed by atoms with Gasteiger partial charge in [0.2, 0.25) is 11.6 Å². The van der Waals surface area contributed by atoms with E-state index >= 15 is 0 Å². The molecule has 2 aliphatic heterocycles. The van der Waals surface area contributed by atoms with Gasteiger partial charge in [-0.1, -0.05) is 25.5 Å². The Morgan fingerprint density at radius 3 is 2.61 bits per heavy atom. The molecule has 0 aliphatic carbocycles. The molecular formula is C20H25N3O5. The molecule has 1 aromatic carbocycles. The molecule has 8 nitrogen and oxygen atoms in total. The van der Waals surface area contributed by atoms with Gasteiger partial charge in [0.15, 0.2) is 6.61 Å². The van der Waals surface area contributed by atoms with Gasteiger partial charge in [-0.3, -0.25) is 19.3 Å². The lowest BCUT2D eigenvalue weighted by atomic mass is 9.96. The van der Waals surface area contributed by atoms with E-state index in [-0.39, 0.29) is 30.6 Å². The number of nitrogens with zero attached hydrogens (tertiary/aromatic N) is 3. The Balaban J connectivity index is 2.05. The van der Waals surface area contributed by atoms with Crippen LogP contribution in [0.1, 0.15) is 43.0 Å².